The number of amides is 1. The minimum atomic E-state index is -0.587. The zero-order valence-corrected chi connectivity index (χ0v) is 17.7. The average Bonchev–Trinajstić information content (AvgIpc) is 2.70. The highest BCUT2D eigenvalue weighted by atomic mass is 16.5. The van der Waals surface area contributed by atoms with Crippen LogP contribution in [0.2, 0.25) is 0 Å². The van der Waals surface area contributed by atoms with Gasteiger partial charge in [0.05, 0.1) is 20.3 Å². The third kappa shape index (κ3) is 4.94. The molecule has 1 amide bonds. The molecule has 0 aromatic heterocycles. The Morgan fingerprint density at radius 3 is 2.34 bits per heavy atom. The van der Waals surface area contributed by atoms with Gasteiger partial charge in [-0.05, 0) is 56.7 Å². The SMILES string of the molecule is CC[C@H](Oc1ccc(OC)cc1)C(=O)N[C@@H]1CC(C)(C)Oc2cc(OC)ccc21. The number of carbonyl (C=O) groups excluding carboxylic acids is 1. The zero-order valence-electron chi connectivity index (χ0n) is 17.7. The highest BCUT2D eigenvalue weighted by Crippen LogP contribution is 2.41. The fraction of sp³-hybridized carbons (Fsp3) is 0.435. The summed E-state index contributed by atoms with van der Waals surface area (Å²) in [6.45, 7) is 5.96. The lowest BCUT2D eigenvalue weighted by atomic mass is 9.89. The van der Waals surface area contributed by atoms with Gasteiger partial charge in [-0.15, -0.1) is 0 Å². The number of carbonyl (C=O) groups is 1. The van der Waals surface area contributed by atoms with Crippen LogP contribution in [0.4, 0.5) is 0 Å². The van der Waals surface area contributed by atoms with Crippen LogP contribution >= 0.6 is 0 Å². The molecule has 0 bridgehead atoms. The molecule has 0 spiro atoms. The van der Waals surface area contributed by atoms with E-state index in [9.17, 15) is 4.79 Å². The Kier molecular flexibility index (Phi) is 6.20. The molecule has 1 aliphatic heterocycles. The Morgan fingerprint density at radius 1 is 1.10 bits per heavy atom. The van der Waals surface area contributed by atoms with Gasteiger partial charge in [0.15, 0.2) is 6.10 Å². The zero-order chi connectivity index (χ0) is 21.0. The van der Waals surface area contributed by atoms with Crippen molar-refractivity contribution in [3.05, 3.63) is 48.0 Å². The molecule has 2 aromatic rings. The monoisotopic (exact) mass is 399 g/mol. The molecule has 0 saturated carbocycles. The summed E-state index contributed by atoms with van der Waals surface area (Å²) in [5.41, 5.74) is 0.536. The topological polar surface area (TPSA) is 66.0 Å². The van der Waals surface area contributed by atoms with Crippen molar-refractivity contribution in [3.8, 4) is 23.0 Å². The van der Waals surface area contributed by atoms with Crippen LogP contribution < -0.4 is 24.3 Å². The second-order valence-electron chi connectivity index (χ2n) is 7.72. The van der Waals surface area contributed by atoms with Crippen molar-refractivity contribution in [1.29, 1.82) is 0 Å². The van der Waals surface area contributed by atoms with Crippen LogP contribution in [0.25, 0.3) is 0 Å². The van der Waals surface area contributed by atoms with Crippen molar-refractivity contribution < 1.29 is 23.7 Å². The molecular formula is C23H29NO5. The second kappa shape index (κ2) is 8.64. The van der Waals surface area contributed by atoms with Crippen LogP contribution in [0.3, 0.4) is 0 Å². The van der Waals surface area contributed by atoms with Gasteiger partial charge in [0, 0.05) is 18.1 Å². The van der Waals surface area contributed by atoms with Gasteiger partial charge in [-0.3, -0.25) is 4.79 Å². The first-order valence-electron chi connectivity index (χ1n) is 9.83. The molecule has 29 heavy (non-hydrogen) atoms. The van der Waals surface area contributed by atoms with E-state index in [-0.39, 0.29) is 11.9 Å². The average molecular weight is 399 g/mol. The number of methoxy groups -OCH3 is 2. The number of nitrogens with one attached hydrogen (secondary N) is 1. The fourth-order valence-electron chi connectivity index (χ4n) is 3.49. The van der Waals surface area contributed by atoms with Gasteiger partial charge in [0.25, 0.3) is 5.91 Å². The fourth-order valence-corrected chi connectivity index (χ4v) is 3.49. The number of rotatable bonds is 7. The summed E-state index contributed by atoms with van der Waals surface area (Å²) in [6, 6.07) is 12.7. The lowest BCUT2D eigenvalue weighted by Crippen LogP contribution is -2.45. The van der Waals surface area contributed by atoms with Crippen LogP contribution in [0.1, 0.15) is 45.2 Å². The van der Waals surface area contributed by atoms with E-state index in [1.54, 1.807) is 26.4 Å². The summed E-state index contributed by atoms with van der Waals surface area (Å²) in [5, 5.41) is 3.15. The molecule has 1 aliphatic rings. The highest BCUT2D eigenvalue weighted by molar-refractivity contribution is 5.81. The standard InChI is InChI=1S/C23H29NO5/c1-6-20(28-16-9-7-15(26-4)8-10-16)22(25)24-19-14-23(2,3)29-21-13-17(27-5)11-12-18(19)21/h7-13,19-20H,6,14H2,1-5H3,(H,24,25)/t19-,20+/m1/s1. The summed E-state index contributed by atoms with van der Waals surface area (Å²) in [7, 11) is 3.23. The first-order valence-corrected chi connectivity index (χ1v) is 9.83. The van der Waals surface area contributed by atoms with Crippen molar-refractivity contribution in [2.24, 2.45) is 0 Å². The Hall–Kier alpha value is -2.89. The van der Waals surface area contributed by atoms with Crippen LogP contribution in [0, 0.1) is 0 Å². The molecular weight excluding hydrogens is 370 g/mol. The molecule has 0 fully saturated rings. The Balaban J connectivity index is 1.75. The van der Waals surface area contributed by atoms with Gasteiger partial charge in [0.2, 0.25) is 0 Å². The predicted octanol–water partition coefficient (Wildman–Crippen LogP) is 4.28. The number of hydrogen-bond donors (Lipinski definition) is 1. The van der Waals surface area contributed by atoms with E-state index in [4.69, 9.17) is 18.9 Å². The van der Waals surface area contributed by atoms with Gasteiger partial charge in [-0.25, -0.2) is 0 Å². The minimum Gasteiger partial charge on any atom is -0.497 e. The Bertz CT molecular complexity index is 847. The second-order valence-corrected chi connectivity index (χ2v) is 7.72. The van der Waals surface area contributed by atoms with E-state index < -0.39 is 11.7 Å². The predicted molar refractivity (Wildman–Crippen MR) is 111 cm³/mol. The first kappa shape index (κ1) is 20.8. The van der Waals surface area contributed by atoms with Crippen molar-refractivity contribution >= 4 is 5.91 Å². The molecule has 2 atom stereocenters. The first-order chi connectivity index (χ1) is 13.8. The summed E-state index contributed by atoms with van der Waals surface area (Å²) in [4.78, 5) is 13.0. The molecule has 0 saturated heterocycles. The molecule has 1 N–H and O–H groups in total. The largest absolute Gasteiger partial charge is 0.497 e. The van der Waals surface area contributed by atoms with Crippen molar-refractivity contribution in [1.82, 2.24) is 5.32 Å². The number of ether oxygens (including phenoxy) is 4. The van der Waals surface area contributed by atoms with Gasteiger partial charge in [-0.1, -0.05) is 6.92 Å². The molecule has 3 rings (SSSR count). The Labute approximate surface area is 172 Å². The van der Waals surface area contributed by atoms with E-state index in [0.29, 0.717) is 18.6 Å². The maximum atomic E-state index is 13.0. The van der Waals surface area contributed by atoms with Gasteiger partial charge < -0.3 is 24.3 Å². The summed E-state index contributed by atoms with van der Waals surface area (Å²) in [5.74, 6) is 2.68. The van der Waals surface area contributed by atoms with Gasteiger partial charge >= 0.3 is 0 Å². The van der Waals surface area contributed by atoms with Crippen LogP contribution in [-0.4, -0.2) is 31.8 Å². The van der Waals surface area contributed by atoms with E-state index in [1.807, 2.05) is 51.1 Å². The van der Waals surface area contributed by atoms with E-state index in [2.05, 4.69) is 5.32 Å². The van der Waals surface area contributed by atoms with Crippen molar-refractivity contribution in [2.45, 2.75) is 51.4 Å². The minimum absolute atomic E-state index is 0.146. The van der Waals surface area contributed by atoms with Crippen LogP contribution in [0.5, 0.6) is 23.0 Å². The molecule has 1 heterocycles. The molecule has 0 aliphatic carbocycles. The molecule has 156 valence electrons. The number of hydrogen-bond acceptors (Lipinski definition) is 5. The molecule has 6 heteroatoms. The van der Waals surface area contributed by atoms with Crippen LogP contribution in [-0.2, 0) is 4.79 Å². The van der Waals surface area contributed by atoms with Crippen molar-refractivity contribution in [3.63, 3.8) is 0 Å². The maximum Gasteiger partial charge on any atom is 0.261 e. The highest BCUT2D eigenvalue weighted by Gasteiger charge is 2.36. The van der Waals surface area contributed by atoms with Gasteiger partial charge in [0.1, 0.15) is 28.6 Å². The summed E-state index contributed by atoms with van der Waals surface area (Å²) in [6.07, 6.45) is 0.632. The van der Waals surface area contributed by atoms with Crippen LogP contribution in [0.15, 0.2) is 42.5 Å². The lowest BCUT2D eigenvalue weighted by molar-refractivity contribution is -0.129. The third-order valence-corrected chi connectivity index (χ3v) is 5.00. The third-order valence-electron chi connectivity index (χ3n) is 5.00. The maximum absolute atomic E-state index is 13.0. The van der Waals surface area contributed by atoms with Crippen molar-refractivity contribution in [2.75, 3.05) is 14.2 Å². The molecule has 2 aromatic carbocycles. The molecule has 0 radical (unpaired) electrons. The summed E-state index contributed by atoms with van der Waals surface area (Å²) < 4.78 is 22.5. The summed E-state index contributed by atoms with van der Waals surface area (Å²) >= 11 is 0. The van der Waals surface area contributed by atoms with E-state index in [1.165, 1.54) is 0 Å². The smallest absolute Gasteiger partial charge is 0.261 e. The van der Waals surface area contributed by atoms with E-state index >= 15 is 0 Å². The lowest BCUT2D eigenvalue weighted by Gasteiger charge is -2.38. The number of benzene rings is 2. The number of fused-ring (bicyclic) bond motifs is 1. The van der Waals surface area contributed by atoms with E-state index in [0.717, 1.165) is 22.8 Å². The van der Waals surface area contributed by atoms with Gasteiger partial charge in [-0.2, -0.15) is 0 Å². The quantitative estimate of drug-likeness (QED) is 0.753. The molecule has 6 nitrogen and oxygen atoms in total. The normalized spacial score (nSPS) is 18.0. The molecule has 0 unspecified atom stereocenters. The Morgan fingerprint density at radius 2 is 1.72 bits per heavy atom.